The number of H-pyrrole nitrogens is 1. The molecule has 1 fully saturated rings. The van der Waals surface area contributed by atoms with E-state index in [2.05, 4.69) is 9.97 Å². The minimum atomic E-state index is -0.988. The number of fused-ring (bicyclic) bond motifs is 3. The number of rotatable bonds is 3. The summed E-state index contributed by atoms with van der Waals surface area (Å²) in [6.45, 7) is 6.03. The van der Waals surface area contributed by atoms with Gasteiger partial charge in [-0.2, -0.15) is 0 Å². The van der Waals surface area contributed by atoms with E-state index in [1.807, 2.05) is 20.8 Å². The Balaban J connectivity index is 1.59. The van der Waals surface area contributed by atoms with Gasteiger partial charge in [-0.3, -0.25) is 0 Å². The first-order valence-electron chi connectivity index (χ1n) is 9.84. The van der Waals surface area contributed by atoms with Crippen LogP contribution in [0.25, 0.3) is 11.3 Å². The van der Waals surface area contributed by atoms with Gasteiger partial charge in [0.25, 0.3) is 0 Å². The van der Waals surface area contributed by atoms with Crippen LogP contribution in [0.5, 0.6) is 0 Å². The summed E-state index contributed by atoms with van der Waals surface area (Å²) in [6.07, 6.45) is 2.94. The normalized spacial score (nSPS) is 17.0. The van der Waals surface area contributed by atoms with Crippen molar-refractivity contribution in [3.05, 3.63) is 39.8 Å². The Kier molecular flexibility index (Phi) is 4.82. The van der Waals surface area contributed by atoms with Gasteiger partial charge in [-0.1, -0.05) is 11.6 Å². The summed E-state index contributed by atoms with van der Waals surface area (Å²) in [5.41, 5.74) is 9.45. The zero-order valence-electron chi connectivity index (χ0n) is 17.2. The van der Waals surface area contributed by atoms with Gasteiger partial charge in [0.2, 0.25) is 0 Å². The van der Waals surface area contributed by atoms with Gasteiger partial charge in [-0.25, -0.2) is 14.6 Å². The second-order valence-electron chi connectivity index (χ2n) is 9.18. The van der Waals surface area contributed by atoms with Crippen molar-refractivity contribution < 1.29 is 19.4 Å². The molecule has 2 aromatic heterocycles. The van der Waals surface area contributed by atoms with Gasteiger partial charge in [-0.15, -0.1) is 0 Å². The molecule has 0 unspecified atom stereocenters. The number of amides is 1. The van der Waals surface area contributed by atoms with Crippen molar-refractivity contribution in [1.29, 1.82) is 0 Å². The number of hydrogen-bond donors (Lipinski definition) is 3. The lowest BCUT2D eigenvalue weighted by Crippen LogP contribution is -2.70. The predicted octanol–water partition coefficient (Wildman–Crippen LogP) is 3.02. The lowest BCUT2D eigenvalue weighted by Gasteiger charge is -2.47. The smallest absolute Gasteiger partial charge is 0.410 e. The lowest BCUT2D eigenvalue weighted by atomic mass is 9.84. The quantitative estimate of drug-likeness (QED) is 0.641. The molecule has 1 aliphatic carbocycles. The molecule has 0 spiro atoms. The number of aryl methyl sites for hydroxylation is 1. The summed E-state index contributed by atoms with van der Waals surface area (Å²) in [6, 6.07) is 1.76. The van der Waals surface area contributed by atoms with Crippen molar-refractivity contribution >= 4 is 23.7 Å². The first-order valence-corrected chi connectivity index (χ1v) is 10.2. The number of nitrogens with two attached hydrogens (primary N) is 1. The highest BCUT2D eigenvalue weighted by molar-refractivity contribution is 6.29. The van der Waals surface area contributed by atoms with Gasteiger partial charge >= 0.3 is 12.1 Å². The average molecular weight is 433 g/mol. The largest absolute Gasteiger partial charge is 0.478 e. The van der Waals surface area contributed by atoms with Crippen molar-refractivity contribution in [2.45, 2.75) is 51.2 Å². The van der Waals surface area contributed by atoms with E-state index in [9.17, 15) is 14.7 Å². The number of likely N-dealkylation sites (tertiary alicyclic amines) is 1. The number of carboxylic acids is 1. The van der Waals surface area contributed by atoms with Gasteiger partial charge in [0.1, 0.15) is 10.8 Å². The van der Waals surface area contributed by atoms with Crippen molar-refractivity contribution in [2.24, 2.45) is 5.73 Å². The molecule has 2 aliphatic rings. The van der Waals surface area contributed by atoms with Crippen molar-refractivity contribution in [2.75, 3.05) is 13.1 Å². The van der Waals surface area contributed by atoms with Crippen molar-refractivity contribution in [1.82, 2.24) is 14.9 Å². The van der Waals surface area contributed by atoms with E-state index in [1.54, 1.807) is 12.3 Å². The van der Waals surface area contributed by atoms with Crippen LogP contribution < -0.4 is 5.73 Å². The summed E-state index contributed by atoms with van der Waals surface area (Å²) >= 11 is 6.07. The number of halogens is 1. The molecule has 0 radical (unpaired) electrons. The van der Waals surface area contributed by atoms with Gasteiger partial charge in [0, 0.05) is 37.0 Å². The molecule has 4 N–H and O–H groups in total. The van der Waals surface area contributed by atoms with E-state index in [0.717, 1.165) is 22.4 Å². The average Bonchev–Trinajstić information content (AvgIpc) is 2.96. The van der Waals surface area contributed by atoms with Gasteiger partial charge in [0.15, 0.2) is 0 Å². The maximum atomic E-state index is 12.2. The van der Waals surface area contributed by atoms with E-state index in [0.29, 0.717) is 43.2 Å². The van der Waals surface area contributed by atoms with Crippen molar-refractivity contribution in [3.8, 4) is 11.3 Å². The first kappa shape index (κ1) is 20.7. The van der Waals surface area contributed by atoms with Crippen LogP contribution in [0.15, 0.2) is 12.3 Å². The van der Waals surface area contributed by atoms with E-state index in [-0.39, 0.29) is 5.56 Å². The molecule has 9 heteroatoms. The number of aromatic nitrogens is 2. The molecule has 3 heterocycles. The van der Waals surface area contributed by atoms with Crippen LogP contribution in [0.1, 0.15) is 48.0 Å². The fourth-order valence-corrected chi connectivity index (χ4v) is 4.41. The third-order valence-corrected chi connectivity index (χ3v) is 5.66. The fourth-order valence-electron chi connectivity index (χ4n) is 4.25. The molecule has 1 amide bonds. The standard InChI is InChI=1S/C21H25ClN4O4/c1-20(2,3)30-19(29)26-9-21(23,10-26)7-14-16(18(27)28)12-5-4-11-8-24-15(22)6-13(11)17(12)25-14/h6,8,25H,4-5,7,9-10,23H2,1-3H3,(H,27,28). The number of pyridine rings is 1. The Morgan fingerprint density at radius 3 is 2.70 bits per heavy atom. The molecule has 8 nitrogen and oxygen atoms in total. The van der Waals surface area contributed by atoms with Crippen LogP contribution in [0.4, 0.5) is 4.79 Å². The number of aromatic amines is 1. The Morgan fingerprint density at radius 2 is 2.07 bits per heavy atom. The Bertz CT molecular complexity index is 1030. The molecule has 0 bridgehead atoms. The number of carboxylic acid groups (broad SMARTS) is 1. The summed E-state index contributed by atoms with van der Waals surface area (Å²) in [7, 11) is 0. The molecular weight excluding hydrogens is 408 g/mol. The number of ether oxygens (including phenoxy) is 1. The van der Waals surface area contributed by atoms with Crippen LogP contribution in [0.3, 0.4) is 0 Å². The number of carbonyl (C=O) groups is 2. The topological polar surface area (TPSA) is 122 Å². The molecule has 1 saturated heterocycles. The summed E-state index contributed by atoms with van der Waals surface area (Å²) in [4.78, 5) is 33.2. The first-order chi connectivity index (χ1) is 14.0. The SMILES string of the molecule is CC(C)(C)OC(=O)N1CC(N)(Cc2[nH]c3c(c2C(=O)O)CCc2cnc(Cl)cc2-3)C1. The number of aromatic carboxylic acids is 1. The summed E-state index contributed by atoms with van der Waals surface area (Å²) in [5.74, 6) is -0.988. The number of carbonyl (C=O) groups excluding carboxylic acids is 1. The van der Waals surface area contributed by atoms with E-state index < -0.39 is 23.2 Å². The molecule has 0 aromatic carbocycles. The van der Waals surface area contributed by atoms with Crippen LogP contribution >= 0.6 is 11.6 Å². The molecule has 160 valence electrons. The van der Waals surface area contributed by atoms with Gasteiger partial charge in [0.05, 0.1) is 16.8 Å². The lowest BCUT2D eigenvalue weighted by molar-refractivity contribution is -0.00813. The minimum absolute atomic E-state index is 0.268. The number of nitrogens with one attached hydrogen (secondary N) is 1. The maximum absolute atomic E-state index is 12.2. The van der Waals surface area contributed by atoms with Crippen LogP contribution in [0, 0.1) is 0 Å². The Hall–Kier alpha value is -2.58. The highest BCUT2D eigenvalue weighted by Gasteiger charge is 2.45. The van der Waals surface area contributed by atoms with Crippen LogP contribution in [-0.4, -0.2) is 56.3 Å². The Labute approximate surface area is 179 Å². The number of nitrogens with zero attached hydrogens (tertiary/aromatic N) is 2. The highest BCUT2D eigenvalue weighted by atomic mass is 35.5. The summed E-state index contributed by atoms with van der Waals surface area (Å²) < 4.78 is 5.37. The predicted molar refractivity (Wildman–Crippen MR) is 112 cm³/mol. The van der Waals surface area contributed by atoms with Crippen molar-refractivity contribution in [3.63, 3.8) is 0 Å². The molecule has 30 heavy (non-hydrogen) atoms. The zero-order chi connectivity index (χ0) is 21.8. The van der Waals surface area contributed by atoms with Gasteiger partial charge < -0.3 is 25.5 Å². The molecular formula is C21H25ClN4O4. The molecule has 1 aliphatic heterocycles. The molecule has 4 rings (SSSR count). The van der Waals surface area contributed by atoms with Crippen LogP contribution in [0.2, 0.25) is 5.15 Å². The molecule has 0 saturated carbocycles. The van der Waals surface area contributed by atoms with E-state index in [4.69, 9.17) is 22.1 Å². The van der Waals surface area contributed by atoms with E-state index >= 15 is 0 Å². The highest BCUT2D eigenvalue weighted by Crippen LogP contribution is 2.38. The molecule has 2 aromatic rings. The Morgan fingerprint density at radius 1 is 1.37 bits per heavy atom. The zero-order valence-corrected chi connectivity index (χ0v) is 18.0. The fraction of sp³-hybridized carbons (Fsp3) is 0.476. The summed E-state index contributed by atoms with van der Waals surface area (Å²) in [5, 5.41) is 10.2. The van der Waals surface area contributed by atoms with Gasteiger partial charge in [-0.05, 0) is 50.8 Å². The second-order valence-corrected chi connectivity index (χ2v) is 9.56. The third kappa shape index (κ3) is 3.77. The number of hydrogen-bond acceptors (Lipinski definition) is 5. The molecule has 0 atom stereocenters. The van der Waals surface area contributed by atoms with E-state index in [1.165, 1.54) is 4.90 Å². The third-order valence-electron chi connectivity index (χ3n) is 5.45. The van der Waals surface area contributed by atoms with Crippen LogP contribution in [-0.2, 0) is 24.0 Å². The minimum Gasteiger partial charge on any atom is -0.478 e. The maximum Gasteiger partial charge on any atom is 0.410 e. The monoisotopic (exact) mass is 432 g/mol. The second kappa shape index (κ2) is 6.99.